The molecular weight excluding hydrogens is 290 g/mol. The van der Waals surface area contributed by atoms with Crippen molar-refractivity contribution in [2.75, 3.05) is 13.7 Å². The Morgan fingerprint density at radius 1 is 1.04 bits per heavy atom. The van der Waals surface area contributed by atoms with Gasteiger partial charge in [-0.25, -0.2) is 0 Å². The molecule has 0 radical (unpaired) electrons. The fraction of sp³-hybridized carbons (Fsp3) is 0.211. The second-order valence-electron chi connectivity index (χ2n) is 4.90. The zero-order chi connectivity index (χ0) is 16.5. The van der Waals surface area contributed by atoms with E-state index < -0.39 is 0 Å². The van der Waals surface area contributed by atoms with Crippen LogP contribution in [0.15, 0.2) is 54.6 Å². The van der Waals surface area contributed by atoms with E-state index in [1.807, 2.05) is 55.5 Å². The fourth-order valence-corrected chi connectivity index (χ4v) is 2.01. The summed E-state index contributed by atoms with van der Waals surface area (Å²) in [7, 11) is 1.63. The van der Waals surface area contributed by atoms with Crippen LogP contribution >= 0.6 is 0 Å². The molecule has 0 aliphatic rings. The van der Waals surface area contributed by atoms with Gasteiger partial charge in [-0.2, -0.15) is 0 Å². The van der Waals surface area contributed by atoms with Gasteiger partial charge < -0.3 is 14.8 Å². The third-order valence-corrected chi connectivity index (χ3v) is 3.24. The Labute approximate surface area is 136 Å². The fourth-order valence-electron chi connectivity index (χ4n) is 2.01. The Balaban J connectivity index is 1.83. The Kier molecular flexibility index (Phi) is 6.24. The molecule has 23 heavy (non-hydrogen) atoms. The summed E-state index contributed by atoms with van der Waals surface area (Å²) in [5.74, 6) is 1.50. The lowest BCUT2D eigenvalue weighted by atomic mass is 10.2. The molecule has 0 atom stereocenters. The predicted octanol–water partition coefficient (Wildman–Crippen LogP) is 3.42. The first kappa shape index (κ1) is 16.6. The van der Waals surface area contributed by atoms with Crippen LogP contribution in [0.3, 0.4) is 0 Å². The molecule has 0 spiro atoms. The highest BCUT2D eigenvalue weighted by Gasteiger charge is 1.98. The number of nitrogens with one attached hydrogen (secondary N) is 1. The molecule has 120 valence electrons. The molecule has 0 aliphatic heterocycles. The van der Waals surface area contributed by atoms with E-state index in [1.54, 1.807) is 13.2 Å². The van der Waals surface area contributed by atoms with Gasteiger partial charge in [-0.05, 0) is 48.4 Å². The number of carbonyl (C=O) groups is 1. The molecule has 4 heteroatoms. The first-order chi connectivity index (χ1) is 11.2. The molecule has 0 aliphatic carbocycles. The lowest BCUT2D eigenvalue weighted by molar-refractivity contribution is -0.116. The molecule has 1 amide bonds. The summed E-state index contributed by atoms with van der Waals surface area (Å²) in [5, 5.41) is 2.85. The Bertz CT molecular complexity index is 645. The van der Waals surface area contributed by atoms with Gasteiger partial charge in [0.2, 0.25) is 5.91 Å². The minimum atomic E-state index is -0.130. The lowest BCUT2D eigenvalue weighted by Gasteiger charge is -2.04. The molecule has 0 heterocycles. The molecule has 2 rings (SSSR count). The van der Waals surface area contributed by atoms with Crippen LogP contribution in [0.4, 0.5) is 0 Å². The summed E-state index contributed by atoms with van der Waals surface area (Å²) in [4.78, 5) is 11.8. The van der Waals surface area contributed by atoms with Crippen molar-refractivity contribution in [3.05, 3.63) is 65.7 Å². The first-order valence-electron chi connectivity index (χ1n) is 7.53. The quantitative estimate of drug-likeness (QED) is 0.797. The first-order valence-corrected chi connectivity index (χ1v) is 7.53. The highest BCUT2D eigenvalue weighted by molar-refractivity contribution is 5.91. The van der Waals surface area contributed by atoms with Gasteiger partial charge in [0.1, 0.15) is 11.5 Å². The standard InChI is InChI=1S/C19H21NO3/c1-3-23-18-11-4-15(5-12-18)8-13-19(21)20-14-16-6-9-17(22-2)10-7-16/h4-13H,3,14H2,1-2H3,(H,20,21)/b13-8+. The van der Waals surface area contributed by atoms with Crippen LogP contribution in [0.5, 0.6) is 11.5 Å². The molecule has 4 nitrogen and oxygen atoms in total. The topological polar surface area (TPSA) is 47.6 Å². The maximum atomic E-state index is 11.8. The van der Waals surface area contributed by atoms with Crippen LogP contribution in [-0.4, -0.2) is 19.6 Å². The average molecular weight is 311 g/mol. The second-order valence-corrected chi connectivity index (χ2v) is 4.90. The number of carbonyl (C=O) groups excluding carboxylic acids is 1. The molecule has 0 fully saturated rings. The van der Waals surface area contributed by atoms with Gasteiger partial charge >= 0.3 is 0 Å². The Hall–Kier alpha value is -2.75. The van der Waals surface area contributed by atoms with Gasteiger partial charge in [0.15, 0.2) is 0 Å². The highest BCUT2D eigenvalue weighted by atomic mass is 16.5. The van der Waals surface area contributed by atoms with E-state index in [1.165, 1.54) is 6.08 Å². The van der Waals surface area contributed by atoms with Crippen LogP contribution in [0.1, 0.15) is 18.1 Å². The van der Waals surface area contributed by atoms with Gasteiger partial charge in [-0.1, -0.05) is 24.3 Å². The van der Waals surface area contributed by atoms with Crippen LogP contribution in [0.25, 0.3) is 6.08 Å². The third-order valence-electron chi connectivity index (χ3n) is 3.24. The second kappa shape index (κ2) is 8.63. The van der Waals surface area contributed by atoms with E-state index in [0.717, 1.165) is 22.6 Å². The number of methoxy groups -OCH3 is 1. The summed E-state index contributed by atoms with van der Waals surface area (Å²) in [6.07, 6.45) is 3.30. The number of ether oxygens (including phenoxy) is 2. The van der Waals surface area contributed by atoms with Crippen molar-refractivity contribution in [3.8, 4) is 11.5 Å². The monoisotopic (exact) mass is 311 g/mol. The van der Waals surface area contributed by atoms with Crippen molar-refractivity contribution in [1.82, 2.24) is 5.32 Å². The largest absolute Gasteiger partial charge is 0.497 e. The number of hydrogen-bond acceptors (Lipinski definition) is 3. The number of benzene rings is 2. The maximum absolute atomic E-state index is 11.8. The van der Waals surface area contributed by atoms with Crippen molar-refractivity contribution >= 4 is 12.0 Å². The SMILES string of the molecule is CCOc1ccc(/C=C/C(=O)NCc2ccc(OC)cc2)cc1. The van der Waals surface area contributed by atoms with Crippen molar-refractivity contribution in [2.45, 2.75) is 13.5 Å². The molecule has 0 bridgehead atoms. The van der Waals surface area contributed by atoms with Gasteiger partial charge in [0, 0.05) is 12.6 Å². The van der Waals surface area contributed by atoms with E-state index >= 15 is 0 Å². The average Bonchev–Trinajstić information content (AvgIpc) is 2.60. The zero-order valence-corrected chi connectivity index (χ0v) is 13.4. The summed E-state index contributed by atoms with van der Waals surface area (Å²) in [6, 6.07) is 15.2. The lowest BCUT2D eigenvalue weighted by Crippen LogP contribution is -2.20. The van der Waals surface area contributed by atoms with Gasteiger partial charge in [-0.3, -0.25) is 4.79 Å². The molecule has 0 unspecified atom stereocenters. The molecule has 0 saturated heterocycles. The van der Waals surface area contributed by atoms with E-state index in [0.29, 0.717) is 13.2 Å². The Morgan fingerprint density at radius 2 is 1.70 bits per heavy atom. The van der Waals surface area contributed by atoms with Gasteiger partial charge in [-0.15, -0.1) is 0 Å². The summed E-state index contributed by atoms with van der Waals surface area (Å²) in [5.41, 5.74) is 1.97. The molecule has 2 aromatic rings. The van der Waals surface area contributed by atoms with E-state index in [4.69, 9.17) is 9.47 Å². The van der Waals surface area contributed by atoms with Crippen LogP contribution < -0.4 is 14.8 Å². The van der Waals surface area contributed by atoms with Crippen molar-refractivity contribution in [2.24, 2.45) is 0 Å². The number of hydrogen-bond donors (Lipinski definition) is 1. The number of rotatable bonds is 7. The van der Waals surface area contributed by atoms with Gasteiger partial charge in [0.25, 0.3) is 0 Å². The summed E-state index contributed by atoms with van der Waals surface area (Å²) < 4.78 is 10.5. The molecule has 0 saturated carbocycles. The maximum Gasteiger partial charge on any atom is 0.244 e. The van der Waals surface area contributed by atoms with E-state index in [-0.39, 0.29) is 5.91 Å². The van der Waals surface area contributed by atoms with E-state index in [2.05, 4.69) is 5.32 Å². The van der Waals surface area contributed by atoms with Crippen LogP contribution in [0, 0.1) is 0 Å². The molecule has 0 aromatic heterocycles. The number of amides is 1. The smallest absolute Gasteiger partial charge is 0.244 e. The van der Waals surface area contributed by atoms with Crippen molar-refractivity contribution < 1.29 is 14.3 Å². The predicted molar refractivity (Wildman–Crippen MR) is 91.5 cm³/mol. The highest BCUT2D eigenvalue weighted by Crippen LogP contribution is 2.13. The molecule has 1 N–H and O–H groups in total. The summed E-state index contributed by atoms with van der Waals surface area (Å²) >= 11 is 0. The van der Waals surface area contributed by atoms with Crippen molar-refractivity contribution in [1.29, 1.82) is 0 Å². The molecule has 2 aromatic carbocycles. The minimum Gasteiger partial charge on any atom is -0.497 e. The summed E-state index contributed by atoms with van der Waals surface area (Å²) in [6.45, 7) is 3.07. The Morgan fingerprint density at radius 3 is 2.30 bits per heavy atom. The van der Waals surface area contributed by atoms with E-state index in [9.17, 15) is 4.79 Å². The van der Waals surface area contributed by atoms with Gasteiger partial charge in [0.05, 0.1) is 13.7 Å². The van der Waals surface area contributed by atoms with Crippen molar-refractivity contribution in [3.63, 3.8) is 0 Å². The van der Waals surface area contributed by atoms with Crippen LogP contribution in [-0.2, 0) is 11.3 Å². The molecular formula is C19H21NO3. The third kappa shape index (κ3) is 5.51. The zero-order valence-electron chi connectivity index (χ0n) is 13.4. The van der Waals surface area contributed by atoms with Crippen LogP contribution in [0.2, 0.25) is 0 Å². The normalized spacial score (nSPS) is 10.5. The minimum absolute atomic E-state index is 0.130.